The van der Waals surface area contributed by atoms with E-state index in [4.69, 9.17) is 0 Å². The van der Waals surface area contributed by atoms with E-state index in [1.165, 1.54) is 0 Å². The van der Waals surface area contributed by atoms with Crippen LogP contribution in [0.1, 0.15) is 58.8 Å². The Hall–Kier alpha value is -1.10. The van der Waals surface area contributed by atoms with Crippen LogP contribution in [0.4, 0.5) is 0 Å². The van der Waals surface area contributed by atoms with Gasteiger partial charge in [0.05, 0.1) is 6.54 Å². The van der Waals surface area contributed by atoms with Crippen molar-refractivity contribution in [2.75, 3.05) is 26.2 Å². The maximum absolute atomic E-state index is 12.5. The normalized spacial score (nSPS) is 19.4. The third-order valence-electron chi connectivity index (χ3n) is 4.15. The van der Waals surface area contributed by atoms with Crippen molar-refractivity contribution in [1.82, 2.24) is 9.80 Å². The Morgan fingerprint density at radius 2 is 1.76 bits per heavy atom. The fourth-order valence-corrected chi connectivity index (χ4v) is 2.79. The van der Waals surface area contributed by atoms with E-state index >= 15 is 0 Å². The average molecular weight is 298 g/mol. The molecule has 122 valence electrons. The standard InChI is InChI=1S/C16H30N2O3/c1-3-5-10-17(11-6-4-2)15(19)13-18-12-8-7-9-14(18)16(20)21/h14H,3-13H2,1-2H3,(H,20,21). The number of amides is 1. The van der Waals surface area contributed by atoms with Crippen LogP contribution in [0.25, 0.3) is 0 Å². The van der Waals surface area contributed by atoms with E-state index in [0.717, 1.165) is 58.2 Å². The largest absolute Gasteiger partial charge is 0.480 e. The van der Waals surface area contributed by atoms with Gasteiger partial charge >= 0.3 is 5.97 Å². The fourth-order valence-electron chi connectivity index (χ4n) is 2.79. The van der Waals surface area contributed by atoms with Crippen molar-refractivity contribution in [3.63, 3.8) is 0 Å². The summed E-state index contributed by atoms with van der Waals surface area (Å²) in [5, 5.41) is 9.28. The van der Waals surface area contributed by atoms with Gasteiger partial charge < -0.3 is 10.0 Å². The van der Waals surface area contributed by atoms with Crippen LogP contribution in [-0.2, 0) is 9.59 Å². The zero-order valence-corrected chi connectivity index (χ0v) is 13.5. The Balaban J connectivity index is 2.58. The maximum atomic E-state index is 12.5. The summed E-state index contributed by atoms with van der Waals surface area (Å²) in [5.41, 5.74) is 0. The third kappa shape index (κ3) is 6.04. The van der Waals surface area contributed by atoms with E-state index in [0.29, 0.717) is 6.42 Å². The highest BCUT2D eigenvalue weighted by molar-refractivity contribution is 5.80. The molecule has 1 unspecified atom stereocenters. The minimum Gasteiger partial charge on any atom is -0.480 e. The molecule has 1 atom stereocenters. The van der Waals surface area contributed by atoms with Crippen molar-refractivity contribution >= 4 is 11.9 Å². The average Bonchev–Trinajstić information content (AvgIpc) is 2.47. The number of rotatable bonds is 9. The Labute approximate surface area is 128 Å². The topological polar surface area (TPSA) is 60.9 Å². The van der Waals surface area contributed by atoms with Gasteiger partial charge in [-0.2, -0.15) is 0 Å². The summed E-state index contributed by atoms with van der Waals surface area (Å²) in [7, 11) is 0. The second-order valence-electron chi connectivity index (χ2n) is 5.91. The van der Waals surface area contributed by atoms with Gasteiger partial charge in [-0.25, -0.2) is 0 Å². The molecule has 5 nitrogen and oxygen atoms in total. The lowest BCUT2D eigenvalue weighted by atomic mass is 10.0. The van der Waals surface area contributed by atoms with Gasteiger partial charge in [-0.15, -0.1) is 0 Å². The number of likely N-dealkylation sites (tertiary alicyclic amines) is 1. The molecule has 0 aliphatic carbocycles. The first-order valence-corrected chi connectivity index (χ1v) is 8.34. The van der Waals surface area contributed by atoms with E-state index < -0.39 is 12.0 Å². The van der Waals surface area contributed by atoms with Crippen molar-refractivity contribution in [3.05, 3.63) is 0 Å². The summed E-state index contributed by atoms with van der Waals surface area (Å²) in [6, 6.07) is -0.484. The number of unbranched alkanes of at least 4 members (excludes halogenated alkanes) is 2. The number of piperidine rings is 1. The van der Waals surface area contributed by atoms with Crippen molar-refractivity contribution < 1.29 is 14.7 Å². The lowest BCUT2D eigenvalue weighted by molar-refractivity contribution is -0.146. The van der Waals surface area contributed by atoms with Crippen LogP contribution in [0.3, 0.4) is 0 Å². The van der Waals surface area contributed by atoms with E-state index in [1.807, 2.05) is 9.80 Å². The molecule has 1 fully saturated rings. The van der Waals surface area contributed by atoms with Crippen LogP contribution in [0, 0.1) is 0 Å². The van der Waals surface area contributed by atoms with Crippen LogP contribution in [0.15, 0.2) is 0 Å². The Kier molecular flexibility index (Phi) is 8.35. The minimum absolute atomic E-state index is 0.0880. The van der Waals surface area contributed by atoms with Gasteiger partial charge in [0.1, 0.15) is 6.04 Å². The molecule has 0 aromatic carbocycles. The minimum atomic E-state index is -0.795. The molecule has 5 heteroatoms. The van der Waals surface area contributed by atoms with Crippen LogP contribution >= 0.6 is 0 Å². The Morgan fingerprint density at radius 1 is 1.14 bits per heavy atom. The number of hydrogen-bond acceptors (Lipinski definition) is 3. The molecule has 0 aromatic heterocycles. The van der Waals surface area contributed by atoms with Gasteiger partial charge in [0.25, 0.3) is 0 Å². The highest BCUT2D eigenvalue weighted by Gasteiger charge is 2.30. The highest BCUT2D eigenvalue weighted by Crippen LogP contribution is 2.17. The summed E-state index contributed by atoms with van der Waals surface area (Å²) < 4.78 is 0. The molecular weight excluding hydrogens is 268 g/mol. The van der Waals surface area contributed by atoms with Gasteiger partial charge in [0.2, 0.25) is 5.91 Å². The molecule has 21 heavy (non-hydrogen) atoms. The van der Waals surface area contributed by atoms with Crippen LogP contribution in [-0.4, -0.2) is 59.0 Å². The van der Waals surface area contributed by atoms with Crippen molar-refractivity contribution in [2.45, 2.75) is 64.8 Å². The Morgan fingerprint density at radius 3 is 2.29 bits per heavy atom. The SMILES string of the molecule is CCCCN(CCCC)C(=O)CN1CCCCC1C(=O)O. The zero-order chi connectivity index (χ0) is 15.7. The number of aliphatic carboxylic acids is 1. The maximum Gasteiger partial charge on any atom is 0.320 e. The van der Waals surface area contributed by atoms with Gasteiger partial charge in [0.15, 0.2) is 0 Å². The molecular formula is C16H30N2O3. The molecule has 1 amide bonds. The lowest BCUT2D eigenvalue weighted by Crippen LogP contribution is -2.50. The number of nitrogens with zero attached hydrogens (tertiary/aromatic N) is 2. The third-order valence-corrected chi connectivity index (χ3v) is 4.15. The number of hydrogen-bond donors (Lipinski definition) is 1. The lowest BCUT2D eigenvalue weighted by Gasteiger charge is -2.34. The Bertz CT molecular complexity index is 325. The first kappa shape index (κ1) is 18.0. The van der Waals surface area contributed by atoms with Gasteiger partial charge in [-0.3, -0.25) is 14.5 Å². The summed E-state index contributed by atoms with van der Waals surface area (Å²) >= 11 is 0. The summed E-state index contributed by atoms with van der Waals surface area (Å²) in [4.78, 5) is 27.5. The van der Waals surface area contributed by atoms with Gasteiger partial charge in [0, 0.05) is 13.1 Å². The number of carboxylic acids is 1. The zero-order valence-electron chi connectivity index (χ0n) is 13.5. The van der Waals surface area contributed by atoms with E-state index in [2.05, 4.69) is 13.8 Å². The molecule has 1 N–H and O–H groups in total. The first-order chi connectivity index (χ1) is 10.1. The molecule has 1 heterocycles. The van der Waals surface area contributed by atoms with Crippen LogP contribution in [0.5, 0.6) is 0 Å². The van der Waals surface area contributed by atoms with Crippen molar-refractivity contribution in [2.24, 2.45) is 0 Å². The highest BCUT2D eigenvalue weighted by atomic mass is 16.4. The molecule has 0 spiro atoms. The monoisotopic (exact) mass is 298 g/mol. The van der Waals surface area contributed by atoms with Crippen LogP contribution < -0.4 is 0 Å². The molecule has 1 aliphatic heterocycles. The second kappa shape index (κ2) is 9.77. The molecule has 0 radical (unpaired) electrons. The van der Waals surface area contributed by atoms with E-state index in [-0.39, 0.29) is 12.5 Å². The summed E-state index contributed by atoms with van der Waals surface area (Å²) in [5.74, 6) is -0.707. The number of carbonyl (C=O) groups is 2. The number of carbonyl (C=O) groups excluding carboxylic acids is 1. The van der Waals surface area contributed by atoms with E-state index in [1.54, 1.807) is 0 Å². The van der Waals surface area contributed by atoms with E-state index in [9.17, 15) is 14.7 Å². The second-order valence-corrected chi connectivity index (χ2v) is 5.91. The quantitative estimate of drug-likeness (QED) is 0.710. The molecule has 1 rings (SSSR count). The predicted molar refractivity (Wildman–Crippen MR) is 83.2 cm³/mol. The van der Waals surface area contributed by atoms with Crippen molar-refractivity contribution in [3.8, 4) is 0 Å². The molecule has 0 saturated carbocycles. The fraction of sp³-hybridized carbons (Fsp3) is 0.875. The summed E-state index contributed by atoms with van der Waals surface area (Å²) in [6.45, 7) is 6.80. The summed E-state index contributed by atoms with van der Waals surface area (Å²) in [6.07, 6.45) is 6.74. The molecule has 0 aromatic rings. The predicted octanol–water partition coefficient (Wildman–Crippen LogP) is 2.35. The molecule has 1 saturated heterocycles. The molecule has 1 aliphatic rings. The molecule has 0 bridgehead atoms. The first-order valence-electron chi connectivity index (χ1n) is 8.34. The van der Waals surface area contributed by atoms with Gasteiger partial charge in [-0.05, 0) is 32.2 Å². The number of carboxylic acid groups (broad SMARTS) is 1. The van der Waals surface area contributed by atoms with Crippen LogP contribution in [0.2, 0.25) is 0 Å². The van der Waals surface area contributed by atoms with Crippen molar-refractivity contribution in [1.29, 1.82) is 0 Å². The smallest absolute Gasteiger partial charge is 0.320 e. The van der Waals surface area contributed by atoms with Gasteiger partial charge in [-0.1, -0.05) is 33.1 Å².